The minimum absolute atomic E-state index is 0.401. The van der Waals surface area contributed by atoms with Crippen LogP contribution in [0.4, 0.5) is 0 Å². The number of oxime groups is 2. The summed E-state index contributed by atoms with van der Waals surface area (Å²) in [6.07, 6.45) is 0. The number of hydrogen-bond acceptors (Lipinski definition) is 6. The first-order chi connectivity index (χ1) is 7.67. The van der Waals surface area contributed by atoms with Crippen molar-refractivity contribution >= 4 is 11.4 Å². The number of nitrogens with one attached hydrogen (secondary N) is 2. The molecule has 0 fully saturated rings. The van der Waals surface area contributed by atoms with Crippen LogP contribution in [0.5, 0.6) is 0 Å². The molecule has 6 heteroatoms. The van der Waals surface area contributed by atoms with E-state index in [0.717, 1.165) is 0 Å². The number of hydrogen-bond donors (Lipinski definition) is 4. The van der Waals surface area contributed by atoms with Crippen LogP contribution >= 0.6 is 0 Å². The maximum Gasteiger partial charge on any atom is 0.0735 e. The van der Waals surface area contributed by atoms with Gasteiger partial charge in [-0.25, -0.2) is 0 Å². The van der Waals surface area contributed by atoms with Crippen LogP contribution < -0.4 is 10.6 Å². The molecule has 100 valence electrons. The van der Waals surface area contributed by atoms with Crippen molar-refractivity contribution in [3.8, 4) is 0 Å². The molecule has 0 aliphatic carbocycles. The lowest BCUT2D eigenvalue weighted by atomic mass is 9.98. The quantitative estimate of drug-likeness (QED) is 0.246. The Labute approximate surface area is 103 Å². The first-order valence-corrected chi connectivity index (χ1v) is 5.55. The van der Waals surface area contributed by atoms with Crippen LogP contribution in [0.2, 0.25) is 0 Å². The first-order valence-electron chi connectivity index (χ1n) is 5.55. The molecule has 0 bridgehead atoms. The summed E-state index contributed by atoms with van der Waals surface area (Å²) in [4.78, 5) is 0. The zero-order chi connectivity index (χ0) is 13.7. The van der Waals surface area contributed by atoms with E-state index in [1.54, 1.807) is 13.8 Å². The summed E-state index contributed by atoms with van der Waals surface area (Å²) in [5.74, 6) is 0. The molecule has 0 atom stereocenters. The Kier molecular flexibility index (Phi) is 5.57. The van der Waals surface area contributed by atoms with Crippen LogP contribution in [0.1, 0.15) is 41.5 Å². The molecule has 6 nitrogen and oxygen atoms in total. The molecule has 0 rings (SSSR count). The summed E-state index contributed by atoms with van der Waals surface area (Å²) in [6.45, 7) is 11.7. The SMILES string of the molecule is C/C(=N\O)C(C)(C)NCNC(C)(C)/C(C)=N/O. The number of rotatable bonds is 6. The third-order valence-electron chi connectivity index (χ3n) is 3.17. The van der Waals surface area contributed by atoms with Crippen LogP contribution in [0, 0.1) is 0 Å². The van der Waals surface area contributed by atoms with Gasteiger partial charge < -0.3 is 10.4 Å². The van der Waals surface area contributed by atoms with E-state index in [-0.39, 0.29) is 0 Å². The summed E-state index contributed by atoms with van der Waals surface area (Å²) >= 11 is 0. The Balaban J connectivity index is 4.34. The smallest absolute Gasteiger partial charge is 0.0735 e. The second-order valence-corrected chi connectivity index (χ2v) is 5.15. The van der Waals surface area contributed by atoms with E-state index in [0.29, 0.717) is 18.1 Å². The molecule has 0 aromatic carbocycles. The van der Waals surface area contributed by atoms with Gasteiger partial charge in [0.15, 0.2) is 0 Å². The lowest BCUT2D eigenvalue weighted by molar-refractivity contribution is 0.305. The fourth-order valence-corrected chi connectivity index (χ4v) is 0.992. The van der Waals surface area contributed by atoms with Gasteiger partial charge >= 0.3 is 0 Å². The first kappa shape index (κ1) is 15.9. The van der Waals surface area contributed by atoms with Gasteiger partial charge in [0, 0.05) is 6.67 Å². The maximum absolute atomic E-state index is 8.73. The topological polar surface area (TPSA) is 89.2 Å². The van der Waals surface area contributed by atoms with E-state index in [1.807, 2.05) is 27.7 Å². The minimum atomic E-state index is -0.401. The molecule has 0 unspecified atom stereocenters. The highest BCUT2D eigenvalue weighted by Gasteiger charge is 2.25. The highest BCUT2D eigenvalue weighted by atomic mass is 16.4. The normalized spacial score (nSPS) is 15.2. The van der Waals surface area contributed by atoms with Gasteiger partial charge in [0.05, 0.1) is 22.5 Å². The fraction of sp³-hybridized carbons (Fsp3) is 0.818. The Hall–Kier alpha value is -1.14. The molecule has 0 aromatic heterocycles. The fourth-order valence-electron chi connectivity index (χ4n) is 0.992. The van der Waals surface area contributed by atoms with Crippen LogP contribution in [-0.4, -0.2) is 39.6 Å². The van der Waals surface area contributed by atoms with Gasteiger partial charge in [-0.15, -0.1) is 0 Å². The Morgan fingerprint density at radius 1 is 0.882 bits per heavy atom. The van der Waals surface area contributed by atoms with E-state index in [2.05, 4.69) is 20.9 Å². The van der Waals surface area contributed by atoms with Crippen molar-refractivity contribution in [2.75, 3.05) is 6.67 Å². The Morgan fingerprint density at radius 2 is 1.18 bits per heavy atom. The van der Waals surface area contributed by atoms with E-state index in [9.17, 15) is 0 Å². The molecule has 4 N–H and O–H groups in total. The monoisotopic (exact) mass is 244 g/mol. The molecule has 0 aliphatic heterocycles. The predicted octanol–water partition coefficient (Wildman–Crippen LogP) is 1.38. The van der Waals surface area contributed by atoms with Crippen molar-refractivity contribution in [3.05, 3.63) is 0 Å². The third-order valence-corrected chi connectivity index (χ3v) is 3.17. The van der Waals surface area contributed by atoms with Gasteiger partial charge in [-0.05, 0) is 41.5 Å². The van der Waals surface area contributed by atoms with E-state index < -0.39 is 11.1 Å². The van der Waals surface area contributed by atoms with Crippen LogP contribution in [-0.2, 0) is 0 Å². The zero-order valence-electron chi connectivity index (χ0n) is 11.5. The van der Waals surface area contributed by atoms with Gasteiger partial charge in [0.1, 0.15) is 0 Å². The highest BCUT2D eigenvalue weighted by molar-refractivity contribution is 5.90. The van der Waals surface area contributed by atoms with Gasteiger partial charge in [-0.1, -0.05) is 10.3 Å². The standard InChI is InChI=1S/C11H24N4O2/c1-8(14-16)10(3,4)12-7-13-11(5,6)9(2)15-17/h12-13,16-17H,7H2,1-6H3/b14-8+,15-9+. The van der Waals surface area contributed by atoms with Crippen molar-refractivity contribution < 1.29 is 10.4 Å². The molecule has 17 heavy (non-hydrogen) atoms. The van der Waals surface area contributed by atoms with Gasteiger partial charge in [-0.3, -0.25) is 10.6 Å². The summed E-state index contributed by atoms with van der Waals surface area (Å²) in [7, 11) is 0. The van der Waals surface area contributed by atoms with Gasteiger partial charge in [0.25, 0.3) is 0 Å². The Bertz CT molecular complexity index is 279. The predicted molar refractivity (Wildman–Crippen MR) is 69.1 cm³/mol. The maximum atomic E-state index is 8.73. The average Bonchev–Trinajstić information content (AvgIpc) is 2.25. The summed E-state index contributed by atoms with van der Waals surface area (Å²) in [5.41, 5.74) is 0.402. The zero-order valence-corrected chi connectivity index (χ0v) is 11.5. The molecule has 0 aromatic rings. The molecule has 0 saturated carbocycles. The molecular weight excluding hydrogens is 220 g/mol. The van der Waals surface area contributed by atoms with Crippen LogP contribution in [0.15, 0.2) is 10.3 Å². The largest absolute Gasteiger partial charge is 0.411 e. The molecular formula is C11H24N4O2. The van der Waals surface area contributed by atoms with E-state index in [1.165, 1.54) is 0 Å². The van der Waals surface area contributed by atoms with Gasteiger partial charge in [-0.2, -0.15) is 0 Å². The number of nitrogens with zero attached hydrogens (tertiary/aromatic N) is 2. The summed E-state index contributed by atoms with van der Waals surface area (Å²) < 4.78 is 0. The lowest BCUT2D eigenvalue weighted by Gasteiger charge is -2.30. The molecule has 0 saturated heterocycles. The van der Waals surface area contributed by atoms with Gasteiger partial charge in [0.2, 0.25) is 0 Å². The van der Waals surface area contributed by atoms with Crippen LogP contribution in [0.3, 0.4) is 0 Å². The molecule has 0 radical (unpaired) electrons. The molecule has 0 spiro atoms. The highest BCUT2D eigenvalue weighted by Crippen LogP contribution is 2.07. The molecule has 0 amide bonds. The summed E-state index contributed by atoms with van der Waals surface area (Å²) in [5, 5.41) is 30.3. The van der Waals surface area contributed by atoms with Crippen molar-refractivity contribution in [1.82, 2.24) is 10.6 Å². The lowest BCUT2D eigenvalue weighted by Crippen LogP contribution is -2.55. The van der Waals surface area contributed by atoms with Crippen molar-refractivity contribution in [3.63, 3.8) is 0 Å². The Morgan fingerprint density at radius 3 is 1.41 bits per heavy atom. The summed E-state index contributed by atoms with van der Waals surface area (Å²) in [6, 6.07) is 0. The van der Waals surface area contributed by atoms with E-state index in [4.69, 9.17) is 10.4 Å². The van der Waals surface area contributed by atoms with Crippen molar-refractivity contribution in [2.24, 2.45) is 10.3 Å². The molecule has 0 aliphatic rings. The van der Waals surface area contributed by atoms with Crippen LogP contribution in [0.25, 0.3) is 0 Å². The second-order valence-electron chi connectivity index (χ2n) is 5.15. The molecule has 0 heterocycles. The average molecular weight is 244 g/mol. The third kappa shape index (κ3) is 4.70. The van der Waals surface area contributed by atoms with E-state index >= 15 is 0 Å². The minimum Gasteiger partial charge on any atom is -0.411 e. The second kappa shape index (κ2) is 5.97. The van der Waals surface area contributed by atoms with Crippen molar-refractivity contribution in [2.45, 2.75) is 52.6 Å². The van der Waals surface area contributed by atoms with Crippen molar-refractivity contribution in [1.29, 1.82) is 0 Å².